The van der Waals surface area contributed by atoms with Crippen LogP contribution in [0.15, 0.2) is 0 Å². The van der Waals surface area contributed by atoms with Gasteiger partial charge < -0.3 is 21.5 Å². The molecule has 0 fully saturated rings. The molecule has 8 heteroatoms. The maximum atomic E-state index is 12.1. The first-order chi connectivity index (χ1) is 10.2. The Kier molecular flexibility index (Phi) is 9.00. The zero-order valence-corrected chi connectivity index (χ0v) is 13.2. The third-order valence-electron chi connectivity index (χ3n) is 3.27. The van der Waals surface area contributed by atoms with Crippen LogP contribution in [0.1, 0.15) is 46.5 Å². The summed E-state index contributed by atoms with van der Waals surface area (Å²) in [7, 11) is 0. The second-order valence-electron chi connectivity index (χ2n) is 5.19. The van der Waals surface area contributed by atoms with Crippen molar-refractivity contribution in [2.75, 3.05) is 0 Å². The lowest BCUT2D eigenvalue weighted by molar-refractivity contribution is -0.138. The normalized spacial score (nSPS) is 14.5. The van der Waals surface area contributed by atoms with E-state index in [-0.39, 0.29) is 31.0 Å². The fourth-order valence-corrected chi connectivity index (χ4v) is 1.65. The number of ketones is 1. The molecule has 22 heavy (non-hydrogen) atoms. The van der Waals surface area contributed by atoms with Gasteiger partial charge in [0.1, 0.15) is 12.1 Å². The van der Waals surface area contributed by atoms with Crippen LogP contribution in [0.2, 0.25) is 0 Å². The molecule has 0 heterocycles. The van der Waals surface area contributed by atoms with E-state index >= 15 is 0 Å². The zero-order valence-electron chi connectivity index (χ0n) is 13.2. The third kappa shape index (κ3) is 7.72. The number of hydrogen-bond acceptors (Lipinski definition) is 5. The summed E-state index contributed by atoms with van der Waals surface area (Å²) >= 11 is 0. The molecule has 0 saturated heterocycles. The standard InChI is InChI=1S/C14H25N3O5/c1-4-12(19)17-11(7-5-6-10(15)14(21)22)13(20)16-8(2)9(3)18/h8,10-11H,4-7,15H2,1-3H3,(H,16,20)(H,17,19)(H,21,22)/t8-,10?,11+/m1/s1. The lowest BCUT2D eigenvalue weighted by atomic mass is 10.0. The Morgan fingerprint density at radius 2 is 1.73 bits per heavy atom. The number of Topliss-reactive ketones (excluding diaryl/α,β-unsaturated/α-hetero) is 1. The summed E-state index contributed by atoms with van der Waals surface area (Å²) in [5, 5.41) is 13.8. The van der Waals surface area contributed by atoms with Crippen LogP contribution in [0.5, 0.6) is 0 Å². The summed E-state index contributed by atoms with van der Waals surface area (Å²) < 4.78 is 0. The number of carboxylic acid groups (broad SMARTS) is 1. The van der Waals surface area contributed by atoms with Crippen LogP contribution in [0.4, 0.5) is 0 Å². The van der Waals surface area contributed by atoms with Gasteiger partial charge in [0.25, 0.3) is 0 Å². The molecule has 126 valence electrons. The van der Waals surface area contributed by atoms with Gasteiger partial charge in [-0.05, 0) is 33.1 Å². The Morgan fingerprint density at radius 1 is 1.14 bits per heavy atom. The van der Waals surface area contributed by atoms with E-state index in [2.05, 4.69) is 10.6 Å². The molecule has 0 aromatic carbocycles. The number of hydrogen-bond donors (Lipinski definition) is 4. The highest BCUT2D eigenvalue weighted by Crippen LogP contribution is 2.05. The molecular weight excluding hydrogens is 290 g/mol. The molecule has 0 radical (unpaired) electrons. The summed E-state index contributed by atoms with van der Waals surface area (Å²) in [4.78, 5) is 45.4. The number of carbonyl (C=O) groups is 4. The van der Waals surface area contributed by atoms with Crippen molar-refractivity contribution in [3.63, 3.8) is 0 Å². The van der Waals surface area contributed by atoms with Gasteiger partial charge in [-0.25, -0.2) is 0 Å². The first kappa shape index (κ1) is 20.0. The van der Waals surface area contributed by atoms with Gasteiger partial charge in [0.05, 0.1) is 6.04 Å². The van der Waals surface area contributed by atoms with Crippen molar-refractivity contribution in [3.05, 3.63) is 0 Å². The molecule has 0 rings (SSSR count). The highest BCUT2D eigenvalue weighted by atomic mass is 16.4. The molecule has 0 aliphatic carbocycles. The summed E-state index contributed by atoms with van der Waals surface area (Å²) in [5.41, 5.74) is 5.39. The molecule has 8 nitrogen and oxygen atoms in total. The van der Waals surface area contributed by atoms with Gasteiger partial charge in [0.2, 0.25) is 11.8 Å². The number of carbonyl (C=O) groups excluding carboxylic acids is 3. The van der Waals surface area contributed by atoms with Crippen LogP contribution in [0.25, 0.3) is 0 Å². The quantitative estimate of drug-likeness (QED) is 0.431. The molecule has 0 spiro atoms. The van der Waals surface area contributed by atoms with Crippen molar-refractivity contribution in [3.8, 4) is 0 Å². The monoisotopic (exact) mass is 315 g/mol. The number of rotatable bonds is 10. The second kappa shape index (κ2) is 9.88. The Hall–Kier alpha value is -1.96. The number of carboxylic acids is 1. The first-order valence-electron chi connectivity index (χ1n) is 7.27. The van der Waals surface area contributed by atoms with Crippen molar-refractivity contribution in [2.45, 2.75) is 64.6 Å². The van der Waals surface area contributed by atoms with Crippen molar-refractivity contribution >= 4 is 23.6 Å². The van der Waals surface area contributed by atoms with Gasteiger partial charge in [-0.2, -0.15) is 0 Å². The van der Waals surface area contributed by atoms with Gasteiger partial charge in [-0.15, -0.1) is 0 Å². The topological polar surface area (TPSA) is 139 Å². The smallest absolute Gasteiger partial charge is 0.320 e. The number of nitrogens with one attached hydrogen (secondary N) is 2. The average molecular weight is 315 g/mol. The van der Waals surface area contributed by atoms with Crippen molar-refractivity contribution in [1.29, 1.82) is 0 Å². The molecule has 0 aliphatic rings. The van der Waals surface area contributed by atoms with Crippen molar-refractivity contribution in [1.82, 2.24) is 10.6 Å². The second-order valence-corrected chi connectivity index (χ2v) is 5.19. The van der Waals surface area contributed by atoms with Gasteiger partial charge in [0.15, 0.2) is 5.78 Å². The van der Waals surface area contributed by atoms with Crippen molar-refractivity contribution < 1.29 is 24.3 Å². The number of amides is 2. The molecule has 0 aromatic heterocycles. The maximum absolute atomic E-state index is 12.1. The van der Waals surface area contributed by atoms with Crippen LogP contribution in [-0.2, 0) is 19.2 Å². The summed E-state index contributed by atoms with van der Waals surface area (Å²) in [5.74, 6) is -2.06. The van der Waals surface area contributed by atoms with Crippen LogP contribution in [0.3, 0.4) is 0 Å². The number of nitrogens with two attached hydrogens (primary N) is 1. The van der Waals surface area contributed by atoms with Gasteiger partial charge in [-0.3, -0.25) is 19.2 Å². The molecule has 1 unspecified atom stereocenters. The molecule has 5 N–H and O–H groups in total. The summed E-state index contributed by atoms with van der Waals surface area (Å²) in [6.45, 7) is 4.57. The van der Waals surface area contributed by atoms with Crippen LogP contribution in [0, 0.1) is 0 Å². The lowest BCUT2D eigenvalue weighted by Crippen LogP contribution is -2.50. The van der Waals surface area contributed by atoms with E-state index in [4.69, 9.17) is 10.8 Å². The predicted octanol–water partition coefficient (Wildman–Crippen LogP) is -0.443. The van der Waals surface area contributed by atoms with E-state index < -0.39 is 30.0 Å². The summed E-state index contributed by atoms with van der Waals surface area (Å²) in [6.07, 6.45) is 1.04. The molecule has 0 aliphatic heterocycles. The van der Waals surface area contributed by atoms with E-state index in [0.717, 1.165) is 0 Å². The third-order valence-corrected chi connectivity index (χ3v) is 3.27. The minimum absolute atomic E-state index is 0.193. The average Bonchev–Trinajstić information content (AvgIpc) is 2.45. The Labute approximate surface area is 129 Å². The Bertz CT molecular complexity index is 425. The molecule has 2 amide bonds. The molecule has 0 bridgehead atoms. The Morgan fingerprint density at radius 3 is 2.18 bits per heavy atom. The molecule has 0 aromatic rings. The fourth-order valence-electron chi connectivity index (χ4n) is 1.65. The lowest BCUT2D eigenvalue weighted by Gasteiger charge is -2.20. The van der Waals surface area contributed by atoms with Crippen LogP contribution >= 0.6 is 0 Å². The minimum atomic E-state index is -1.11. The first-order valence-corrected chi connectivity index (χ1v) is 7.27. The van der Waals surface area contributed by atoms with Gasteiger partial charge >= 0.3 is 5.97 Å². The molecule has 3 atom stereocenters. The van der Waals surface area contributed by atoms with E-state index in [0.29, 0.717) is 6.42 Å². The maximum Gasteiger partial charge on any atom is 0.320 e. The molecule has 0 saturated carbocycles. The van der Waals surface area contributed by atoms with Gasteiger partial charge in [0, 0.05) is 6.42 Å². The van der Waals surface area contributed by atoms with E-state index in [1.807, 2.05) is 0 Å². The van der Waals surface area contributed by atoms with Crippen LogP contribution in [-0.4, -0.2) is 46.8 Å². The number of aliphatic carboxylic acids is 1. The fraction of sp³-hybridized carbons (Fsp3) is 0.714. The largest absolute Gasteiger partial charge is 0.480 e. The highest BCUT2D eigenvalue weighted by molar-refractivity contribution is 5.91. The Balaban J connectivity index is 4.61. The van der Waals surface area contributed by atoms with E-state index in [9.17, 15) is 19.2 Å². The van der Waals surface area contributed by atoms with Gasteiger partial charge in [-0.1, -0.05) is 6.92 Å². The van der Waals surface area contributed by atoms with Crippen LogP contribution < -0.4 is 16.4 Å². The molecular formula is C14H25N3O5. The minimum Gasteiger partial charge on any atom is -0.480 e. The SMILES string of the molecule is CCC(=O)N[C@@H](CCCC(N)C(=O)O)C(=O)N[C@H](C)C(C)=O. The highest BCUT2D eigenvalue weighted by Gasteiger charge is 2.23. The predicted molar refractivity (Wildman–Crippen MR) is 80.0 cm³/mol. The van der Waals surface area contributed by atoms with Crippen molar-refractivity contribution in [2.24, 2.45) is 5.73 Å². The van der Waals surface area contributed by atoms with E-state index in [1.165, 1.54) is 6.92 Å². The zero-order chi connectivity index (χ0) is 17.3. The van der Waals surface area contributed by atoms with E-state index in [1.54, 1.807) is 13.8 Å². The summed E-state index contributed by atoms with van der Waals surface area (Å²) in [6, 6.07) is -2.45.